The molecule has 1 fully saturated rings. The van der Waals surface area contributed by atoms with Crippen molar-refractivity contribution in [2.24, 2.45) is 5.73 Å². The maximum absolute atomic E-state index is 5.54. The van der Waals surface area contributed by atoms with E-state index in [-0.39, 0.29) is 0 Å². The van der Waals surface area contributed by atoms with Crippen LogP contribution in [0.15, 0.2) is 0 Å². The van der Waals surface area contributed by atoms with E-state index in [0.717, 1.165) is 12.6 Å². The molecule has 0 radical (unpaired) electrons. The average Bonchev–Trinajstić information content (AvgIpc) is 2.39. The third-order valence-electron chi connectivity index (χ3n) is 2.51. The van der Waals surface area contributed by atoms with Crippen LogP contribution in [0.1, 0.15) is 32.6 Å². The first-order valence-corrected chi connectivity index (χ1v) is 4.82. The van der Waals surface area contributed by atoms with Crippen molar-refractivity contribution in [3.05, 3.63) is 0 Å². The first-order chi connectivity index (χ1) is 5.38. The number of hydrogen-bond donors (Lipinski definition) is 1. The van der Waals surface area contributed by atoms with Crippen molar-refractivity contribution >= 4 is 0 Å². The summed E-state index contributed by atoms with van der Waals surface area (Å²) in [4.78, 5) is 2.59. The van der Waals surface area contributed by atoms with Crippen molar-refractivity contribution in [1.29, 1.82) is 0 Å². The normalized spacial score (nSPS) is 26.2. The van der Waals surface area contributed by atoms with Crippen LogP contribution in [0.4, 0.5) is 0 Å². The highest BCUT2D eigenvalue weighted by atomic mass is 15.2. The van der Waals surface area contributed by atoms with Crippen LogP contribution >= 0.6 is 0 Å². The highest BCUT2D eigenvalue weighted by Gasteiger charge is 2.21. The maximum atomic E-state index is 5.54. The third-order valence-corrected chi connectivity index (χ3v) is 2.51. The molecular formula is C9H20N2. The van der Waals surface area contributed by atoms with Crippen LogP contribution in [0.25, 0.3) is 0 Å². The fraction of sp³-hybridized carbons (Fsp3) is 1.00. The largest absolute Gasteiger partial charge is 0.330 e. The van der Waals surface area contributed by atoms with Gasteiger partial charge in [0.05, 0.1) is 0 Å². The van der Waals surface area contributed by atoms with Gasteiger partial charge in [-0.25, -0.2) is 0 Å². The molecule has 2 heteroatoms. The molecule has 1 heterocycles. The highest BCUT2D eigenvalue weighted by molar-refractivity contribution is 4.78. The second-order valence-electron chi connectivity index (χ2n) is 3.41. The Morgan fingerprint density at radius 3 is 3.00 bits per heavy atom. The Labute approximate surface area is 69.8 Å². The molecule has 0 aromatic heterocycles. The molecule has 11 heavy (non-hydrogen) atoms. The number of nitrogens with zero attached hydrogens (tertiary/aromatic N) is 1. The number of rotatable bonds is 4. The summed E-state index contributed by atoms with van der Waals surface area (Å²) < 4.78 is 0. The summed E-state index contributed by atoms with van der Waals surface area (Å²) in [5.74, 6) is 0. The molecule has 0 spiro atoms. The van der Waals surface area contributed by atoms with Gasteiger partial charge in [0.25, 0.3) is 0 Å². The number of likely N-dealkylation sites (tertiary alicyclic amines) is 1. The molecule has 0 aliphatic carbocycles. The van der Waals surface area contributed by atoms with Crippen LogP contribution in [-0.4, -0.2) is 30.6 Å². The van der Waals surface area contributed by atoms with Crippen LogP contribution in [0, 0.1) is 0 Å². The zero-order valence-corrected chi connectivity index (χ0v) is 7.55. The lowest BCUT2D eigenvalue weighted by atomic mass is 10.1. The quantitative estimate of drug-likeness (QED) is 0.663. The summed E-state index contributed by atoms with van der Waals surface area (Å²) in [6, 6.07) is 0.806. The molecule has 0 saturated carbocycles. The molecule has 1 saturated heterocycles. The van der Waals surface area contributed by atoms with Gasteiger partial charge in [0.1, 0.15) is 0 Å². The molecule has 1 atom stereocenters. The minimum Gasteiger partial charge on any atom is -0.330 e. The van der Waals surface area contributed by atoms with E-state index >= 15 is 0 Å². The topological polar surface area (TPSA) is 29.3 Å². The summed E-state index contributed by atoms with van der Waals surface area (Å²) in [6.07, 6.45) is 5.23. The van der Waals surface area contributed by atoms with Gasteiger partial charge in [-0.2, -0.15) is 0 Å². The van der Waals surface area contributed by atoms with E-state index in [1.807, 2.05) is 0 Å². The van der Waals surface area contributed by atoms with Crippen LogP contribution in [-0.2, 0) is 0 Å². The zero-order chi connectivity index (χ0) is 8.10. The minimum atomic E-state index is 0.806. The van der Waals surface area contributed by atoms with Crippen LogP contribution in [0.5, 0.6) is 0 Å². The minimum absolute atomic E-state index is 0.806. The van der Waals surface area contributed by atoms with E-state index in [1.165, 1.54) is 38.8 Å². The van der Waals surface area contributed by atoms with Gasteiger partial charge in [-0.15, -0.1) is 0 Å². The van der Waals surface area contributed by atoms with Crippen molar-refractivity contribution < 1.29 is 0 Å². The van der Waals surface area contributed by atoms with Gasteiger partial charge in [-0.1, -0.05) is 6.92 Å². The van der Waals surface area contributed by atoms with E-state index in [0.29, 0.717) is 0 Å². The lowest BCUT2D eigenvalue weighted by molar-refractivity contribution is 0.246. The highest BCUT2D eigenvalue weighted by Crippen LogP contribution is 2.19. The Morgan fingerprint density at radius 1 is 1.55 bits per heavy atom. The van der Waals surface area contributed by atoms with E-state index in [2.05, 4.69) is 11.8 Å². The maximum Gasteiger partial charge on any atom is 0.0108 e. The van der Waals surface area contributed by atoms with Crippen molar-refractivity contribution in [1.82, 2.24) is 4.90 Å². The molecule has 66 valence electrons. The molecular weight excluding hydrogens is 136 g/mol. The van der Waals surface area contributed by atoms with Gasteiger partial charge in [-0.05, 0) is 45.3 Å². The smallest absolute Gasteiger partial charge is 0.0108 e. The first-order valence-electron chi connectivity index (χ1n) is 4.82. The summed E-state index contributed by atoms with van der Waals surface area (Å²) >= 11 is 0. The fourth-order valence-corrected chi connectivity index (χ4v) is 2.00. The first kappa shape index (κ1) is 9.01. The standard InChI is InChI=1S/C9H20N2/c1-2-7-11-8-3-4-9(11)5-6-10/h9H,2-8,10H2,1H3. The lowest BCUT2D eigenvalue weighted by Crippen LogP contribution is -2.31. The van der Waals surface area contributed by atoms with Gasteiger partial charge < -0.3 is 10.6 Å². The average molecular weight is 156 g/mol. The Kier molecular flexibility index (Phi) is 3.87. The zero-order valence-electron chi connectivity index (χ0n) is 7.55. The summed E-state index contributed by atoms with van der Waals surface area (Å²) in [7, 11) is 0. The predicted octanol–water partition coefficient (Wildman–Crippen LogP) is 1.21. The monoisotopic (exact) mass is 156 g/mol. The Hall–Kier alpha value is -0.0800. The van der Waals surface area contributed by atoms with Crippen molar-refractivity contribution in [2.75, 3.05) is 19.6 Å². The summed E-state index contributed by atoms with van der Waals surface area (Å²) in [5, 5.41) is 0. The predicted molar refractivity (Wildman–Crippen MR) is 48.6 cm³/mol. The van der Waals surface area contributed by atoms with Crippen LogP contribution < -0.4 is 5.73 Å². The second kappa shape index (κ2) is 4.73. The van der Waals surface area contributed by atoms with E-state index in [9.17, 15) is 0 Å². The van der Waals surface area contributed by atoms with E-state index in [4.69, 9.17) is 5.73 Å². The van der Waals surface area contributed by atoms with Gasteiger partial charge >= 0.3 is 0 Å². The number of nitrogens with two attached hydrogens (primary N) is 1. The third kappa shape index (κ3) is 2.46. The van der Waals surface area contributed by atoms with E-state index < -0.39 is 0 Å². The van der Waals surface area contributed by atoms with Crippen molar-refractivity contribution in [3.8, 4) is 0 Å². The van der Waals surface area contributed by atoms with Crippen molar-refractivity contribution in [3.63, 3.8) is 0 Å². The molecule has 1 rings (SSSR count). The van der Waals surface area contributed by atoms with Crippen LogP contribution in [0.2, 0.25) is 0 Å². The fourth-order valence-electron chi connectivity index (χ4n) is 2.00. The Bertz CT molecular complexity index is 91.7. The van der Waals surface area contributed by atoms with Crippen molar-refractivity contribution in [2.45, 2.75) is 38.6 Å². The molecule has 0 aromatic carbocycles. The lowest BCUT2D eigenvalue weighted by Gasteiger charge is -2.22. The molecule has 2 nitrogen and oxygen atoms in total. The van der Waals surface area contributed by atoms with Gasteiger partial charge in [0.15, 0.2) is 0 Å². The molecule has 2 N–H and O–H groups in total. The molecule has 1 aliphatic rings. The molecule has 0 amide bonds. The summed E-state index contributed by atoms with van der Waals surface area (Å²) in [6.45, 7) is 5.67. The van der Waals surface area contributed by atoms with Gasteiger partial charge in [0, 0.05) is 6.04 Å². The van der Waals surface area contributed by atoms with E-state index in [1.54, 1.807) is 0 Å². The van der Waals surface area contributed by atoms with Crippen LogP contribution in [0.3, 0.4) is 0 Å². The summed E-state index contributed by atoms with van der Waals surface area (Å²) in [5.41, 5.74) is 5.54. The SMILES string of the molecule is CCCN1CCCC1CCN. The molecule has 1 unspecified atom stereocenters. The van der Waals surface area contributed by atoms with Gasteiger partial charge in [0.2, 0.25) is 0 Å². The second-order valence-corrected chi connectivity index (χ2v) is 3.41. The molecule has 1 aliphatic heterocycles. The van der Waals surface area contributed by atoms with Gasteiger partial charge in [-0.3, -0.25) is 0 Å². The Morgan fingerprint density at radius 2 is 2.36 bits per heavy atom. The number of hydrogen-bond acceptors (Lipinski definition) is 2. The molecule has 0 bridgehead atoms. The Balaban J connectivity index is 2.25. The molecule has 0 aromatic rings.